The molecule has 96 valence electrons. The summed E-state index contributed by atoms with van der Waals surface area (Å²) in [4.78, 5) is 33.2. The number of thioether (sulfide) groups is 1. The molecule has 1 saturated heterocycles. The second-order valence-electron chi connectivity index (χ2n) is 3.67. The number of hydrogen-bond donors (Lipinski definition) is 4. The van der Waals surface area contributed by atoms with E-state index in [1.54, 1.807) is 7.05 Å². The molecule has 0 aromatic heterocycles. The van der Waals surface area contributed by atoms with E-state index >= 15 is 0 Å². The quantitative estimate of drug-likeness (QED) is 0.461. The lowest BCUT2D eigenvalue weighted by molar-refractivity contribution is -0.125. The van der Waals surface area contributed by atoms with Crippen molar-refractivity contribution in [1.29, 1.82) is 0 Å². The molecule has 0 aliphatic carbocycles. The molecular weight excluding hydrogens is 244 g/mol. The maximum atomic E-state index is 11.4. The number of carbonyl (C=O) groups excluding carboxylic acids is 3. The summed E-state index contributed by atoms with van der Waals surface area (Å²) in [5.41, 5.74) is 4.64. The number of primary amides is 1. The molecule has 5 N–H and O–H groups in total. The Kier molecular flexibility index (Phi) is 5.23. The average Bonchev–Trinajstić information content (AvgIpc) is 2.25. The van der Waals surface area contributed by atoms with Crippen molar-refractivity contribution in [2.75, 3.05) is 12.8 Å². The molecule has 0 bridgehead atoms. The number of nitrogens with one attached hydrogen (secondary N) is 3. The van der Waals surface area contributed by atoms with Gasteiger partial charge in [0.2, 0.25) is 17.7 Å². The van der Waals surface area contributed by atoms with Gasteiger partial charge in [0.1, 0.15) is 5.50 Å². The molecule has 17 heavy (non-hydrogen) atoms. The second-order valence-corrected chi connectivity index (χ2v) is 4.76. The van der Waals surface area contributed by atoms with Gasteiger partial charge in [-0.3, -0.25) is 19.7 Å². The molecule has 2 unspecified atom stereocenters. The summed E-state index contributed by atoms with van der Waals surface area (Å²) in [7, 11) is 1.55. The van der Waals surface area contributed by atoms with Crippen LogP contribution in [-0.2, 0) is 14.4 Å². The first-order valence-electron chi connectivity index (χ1n) is 5.17. The van der Waals surface area contributed by atoms with Crippen molar-refractivity contribution in [2.45, 2.75) is 24.4 Å². The Hall–Kier alpha value is -1.28. The van der Waals surface area contributed by atoms with Crippen LogP contribution in [-0.4, -0.2) is 42.1 Å². The predicted molar refractivity (Wildman–Crippen MR) is 63.8 cm³/mol. The van der Waals surface area contributed by atoms with E-state index in [2.05, 4.69) is 16.0 Å². The van der Waals surface area contributed by atoms with Crippen molar-refractivity contribution >= 4 is 29.5 Å². The van der Waals surface area contributed by atoms with E-state index < -0.39 is 5.91 Å². The van der Waals surface area contributed by atoms with Crippen LogP contribution >= 0.6 is 11.8 Å². The fraction of sp³-hybridized carbons (Fsp3) is 0.667. The van der Waals surface area contributed by atoms with Gasteiger partial charge in [-0.05, 0) is 0 Å². The maximum Gasteiger partial charge on any atom is 0.227 e. The Morgan fingerprint density at radius 3 is 2.88 bits per heavy atom. The van der Waals surface area contributed by atoms with Crippen LogP contribution in [0.1, 0.15) is 12.8 Å². The lowest BCUT2D eigenvalue weighted by Gasteiger charge is -2.30. The van der Waals surface area contributed by atoms with E-state index in [9.17, 15) is 14.4 Å². The third-order valence-electron chi connectivity index (χ3n) is 2.21. The van der Waals surface area contributed by atoms with Gasteiger partial charge in [0.05, 0.1) is 5.75 Å². The van der Waals surface area contributed by atoms with Crippen molar-refractivity contribution in [1.82, 2.24) is 16.0 Å². The zero-order valence-corrected chi connectivity index (χ0v) is 10.3. The Morgan fingerprint density at radius 2 is 2.29 bits per heavy atom. The van der Waals surface area contributed by atoms with Crippen molar-refractivity contribution < 1.29 is 14.4 Å². The largest absolute Gasteiger partial charge is 0.369 e. The molecule has 0 aromatic carbocycles. The first kappa shape index (κ1) is 13.8. The Labute approximate surface area is 103 Å². The molecule has 0 radical (unpaired) electrons. The zero-order valence-electron chi connectivity index (χ0n) is 9.49. The molecule has 7 nitrogen and oxygen atoms in total. The summed E-state index contributed by atoms with van der Waals surface area (Å²) in [6.45, 7) is 0. The van der Waals surface area contributed by atoms with Crippen LogP contribution in [0.25, 0.3) is 0 Å². The fourth-order valence-corrected chi connectivity index (χ4v) is 2.29. The minimum atomic E-state index is -0.445. The van der Waals surface area contributed by atoms with Crippen LogP contribution in [0.15, 0.2) is 0 Å². The van der Waals surface area contributed by atoms with Gasteiger partial charge >= 0.3 is 0 Å². The van der Waals surface area contributed by atoms with Gasteiger partial charge in [0.25, 0.3) is 0 Å². The number of carbonyl (C=O) groups is 3. The summed E-state index contributed by atoms with van der Waals surface area (Å²) in [6.07, 6.45) is 0.485. The monoisotopic (exact) mass is 260 g/mol. The summed E-state index contributed by atoms with van der Waals surface area (Å²) in [5.74, 6) is -0.597. The van der Waals surface area contributed by atoms with Crippen LogP contribution in [0.5, 0.6) is 0 Å². The highest BCUT2D eigenvalue weighted by atomic mass is 32.2. The molecule has 1 fully saturated rings. The number of amides is 3. The van der Waals surface area contributed by atoms with Gasteiger partial charge in [-0.25, -0.2) is 0 Å². The molecule has 0 saturated carbocycles. The van der Waals surface area contributed by atoms with E-state index in [1.807, 2.05) is 0 Å². The van der Waals surface area contributed by atoms with Crippen molar-refractivity contribution in [3.05, 3.63) is 0 Å². The number of rotatable bonds is 5. The molecule has 0 spiro atoms. The average molecular weight is 260 g/mol. The van der Waals surface area contributed by atoms with E-state index in [4.69, 9.17) is 5.73 Å². The second kappa shape index (κ2) is 6.45. The lowest BCUT2D eigenvalue weighted by Crippen LogP contribution is -2.55. The molecule has 1 aliphatic rings. The highest BCUT2D eigenvalue weighted by molar-refractivity contribution is 8.00. The van der Waals surface area contributed by atoms with Crippen LogP contribution in [0.4, 0.5) is 0 Å². The number of nitrogens with two attached hydrogens (primary N) is 1. The van der Waals surface area contributed by atoms with Crippen LogP contribution in [0, 0.1) is 0 Å². The fourth-order valence-electron chi connectivity index (χ4n) is 1.46. The molecule has 1 rings (SSSR count). The van der Waals surface area contributed by atoms with Gasteiger partial charge in [-0.2, -0.15) is 0 Å². The van der Waals surface area contributed by atoms with E-state index in [-0.39, 0.29) is 41.9 Å². The predicted octanol–water partition coefficient (Wildman–Crippen LogP) is -1.90. The van der Waals surface area contributed by atoms with Crippen LogP contribution < -0.4 is 21.7 Å². The van der Waals surface area contributed by atoms with E-state index in [0.717, 1.165) is 0 Å². The van der Waals surface area contributed by atoms with Gasteiger partial charge < -0.3 is 16.4 Å². The normalized spacial score (nSPS) is 23.9. The minimum absolute atomic E-state index is 0.116. The maximum absolute atomic E-state index is 11.4. The SMILES string of the molecule is CNC(=O)CC1CC(=O)NC(SCC(N)=O)N1. The molecule has 1 heterocycles. The first-order valence-corrected chi connectivity index (χ1v) is 6.22. The molecule has 1 aliphatic heterocycles. The Balaban J connectivity index is 2.44. The summed E-state index contributed by atoms with van der Waals surface area (Å²) >= 11 is 1.20. The Morgan fingerprint density at radius 1 is 1.59 bits per heavy atom. The lowest BCUT2D eigenvalue weighted by atomic mass is 10.1. The van der Waals surface area contributed by atoms with Gasteiger partial charge in [0.15, 0.2) is 0 Å². The van der Waals surface area contributed by atoms with Gasteiger partial charge in [0, 0.05) is 25.9 Å². The molecular formula is C9H16N4O3S. The summed E-state index contributed by atoms with van der Waals surface area (Å²) in [6, 6.07) is -0.214. The highest BCUT2D eigenvalue weighted by Crippen LogP contribution is 2.13. The topological polar surface area (TPSA) is 113 Å². The van der Waals surface area contributed by atoms with Gasteiger partial charge in [-0.1, -0.05) is 0 Å². The minimum Gasteiger partial charge on any atom is -0.369 e. The Bertz CT molecular complexity index is 323. The first-order chi connectivity index (χ1) is 8.01. The van der Waals surface area contributed by atoms with Gasteiger partial charge in [-0.15, -0.1) is 11.8 Å². The standard InChI is InChI=1S/C9H16N4O3S/c1-11-7(15)2-5-3-8(16)13-9(12-5)17-4-6(10)14/h5,9,12H,2-4H2,1H3,(H2,10,14)(H,11,15)(H,13,16). The number of hydrogen-bond acceptors (Lipinski definition) is 5. The zero-order chi connectivity index (χ0) is 12.8. The molecule has 8 heteroatoms. The summed E-state index contributed by atoms with van der Waals surface area (Å²) in [5, 5.41) is 8.23. The summed E-state index contributed by atoms with van der Waals surface area (Å²) < 4.78 is 0. The van der Waals surface area contributed by atoms with Crippen molar-refractivity contribution in [2.24, 2.45) is 5.73 Å². The highest BCUT2D eigenvalue weighted by Gasteiger charge is 2.27. The molecule has 3 amide bonds. The molecule has 0 aromatic rings. The third-order valence-corrected chi connectivity index (χ3v) is 3.25. The smallest absolute Gasteiger partial charge is 0.227 e. The van der Waals surface area contributed by atoms with Crippen molar-refractivity contribution in [3.63, 3.8) is 0 Å². The van der Waals surface area contributed by atoms with Crippen LogP contribution in [0.2, 0.25) is 0 Å². The van der Waals surface area contributed by atoms with Crippen molar-refractivity contribution in [3.8, 4) is 0 Å². The van der Waals surface area contributed by atoms with E-state index in [1.165, 1.54) is 11.8 Å². The third kappa shape index (κ3) is 5.05. The van der Waals surface area contributed by atoms with Crippen LogP contribution in [0.3, 0.4) is 0 Å². The van der Waals surface area contributed by atoms with E-state index in [0.29, 0.717) is 0 Å². The molecule has 2 atom stereocenters.